The maximum atomic E-state index is 12.9. The summed E-state index contributed by atoms with van der Waals surface area (Å²) in [7, 11) is 0. The quantitative estimate of drug-likeness (QED) is 0.828. The zero-order chi connectivity index (χ0) is 16.8. The summed E-state index contributed by atoms with van der Waals surface area (Å²) in [5, 5.41) is 0. The zero-order valence-corrected chi connectivity index (χ0v) is 15.3. The lowest BCUT2D eigenvalue weighted by Crippen LogP contribution is -2.49. The number of hydrogen-bond acceptors (Lipinski definition) is 4. The van der Waals surface area contributed by atoms with Crippen LogP contribution in [-0.2, 0) is 9.59 Å². The minimum absolute atomic E-state index is 0.0463. The minimum Gasteiger partial charge on any atom is -0.340 e. The Kier molecular flexibility index (Phi) is 4.67. The van der Waals surface area contributed by atoms with E-state index in [1.54, 1.807) is 16.7 Å². The van der Waals surface area contributed by atoms with E-state index >= 15 is 0 Å². The van der Waals surface area contributed by atoms with Crippen LogP contribution in [0.4, 0.5) is 0 Å². The van der Waals surface area contributed by atoms with Gasteiger partial charge in [0.25, 0.3) is 0 Å². The highest BCUT2D eigenvalue weighted by atomic mass is 32.2. The Morgan fingerprint density at radius 1 is 1.22 bits per heavy atom. The van der Waals surface area contributed by atoms with E-state index in [9.17, 15) is 9.59 Å². The Bertz CT molecular complexity index is 491. The van der Waals surface area contributed by atoms with Crippen molar-refractivity contribution in [3.63, 3.8) is 0 Å². The Morgan fingerprint density at radius 2 is 1.96 bits per heavy atom. The van der Waals surface area contributed by atoms with E-state index in [0.29, 0.717) is 24.1 Å². The van der Waals surface area contributed by atoms with Crippen LogP contribution in [0, 0.1) is 17.3 Å². The normalized spacial score (nSPS) is 34.1. The molecule has 6 heteroatoms. The van der Waals surface area contributed by atoms with Gasteiger partial charge in [-0.05, 0) is 30.1 Å². The summed E-state index contributed by atoms with van der Waals surface area (Å²) in [4.78, 5) is 29.3. The number of carbonyl (C=O) groups excluding carboxylic acids is 2. The molecule has 2 amide bonds. The van der Waals surface area contributed by atoms with E-state index in [4.69, 9.17) is 5.73 Å². The first-order valence-corrected chi connectivity index (χ1v) is 9.83. The molecule has 4 atom stereocenters. The Hall–Kier alpha value is -0.750. The summed E-state index contributed by atoms with van der Waals surface area (Å²) in [6.45, 7) is 7.81. The molecule has 0 bridgehead atoms. The highest BCUT2D eigenvalue weighted by Gasteiger charge is 2.45. The van der Waals surface area contributed by atoms with Crippen molar-refractivity contribution in [3.05, 3.63) is 0 Å². The number of nitrogens with two attached hydrogens (primary N) is 1. The summed E-state index contributed by atoms with van der Waals surface area (Å²) < 4.78 is 0. The molecule has 3 rings (SSSR count). The number of likely N-dealkylation sites (tertiary alicyclic amines) is 1. The van der Waals surface area contributed by atoms with Gasteiger partial charge in [0, 0.05) is 31.3 Å². The molecule has 1 aliphatic carbocycles. The van der Waals surface area contributed by atoms with Gasteiger partial charge in [0.15, 0.2) is 0 Å². The molecule has 1 saturated carbocycles. The van der Waals surface area contributed by atoms with Gasteiger partial charge < -0.3 is 15.5 Å². The first-order chi connectivity index (χ1) is 10.8. The van der Waals surface area contributed by atoms with Gasteiger partial charge in [-0.15, -0.1) is 11.8 Å². The molecule has 2 heterocycles. The summed E-state index contributed by atoms with van der Waals surface area (Å²) in [6.07, 6.45) is 2.72. The van der Waals surface area contributed by atoms with Crippen LogP contribution in [-0.4, -0.2) is 58.4 Å². The molecule has 0 aromatic heterocycles. The maximum absolute atomic E-state index is 12.9. The second-order valence-electron chi connectivity index (χ2n) is 8.53. The van der Waals surface area contributed by atoms with Gasteiger partial charge in [0.1, 0.15) is 6.04 Å². The summed E-state index contributed by atoms with van der Waals surface area (Å²) in [5.41, 5.74) is 6.13. The van der Waals surface area contributed by atoms with Crippen LogP contribution in [0.3, 0.4) is 0 Å². The molecule has 2 N–H and O–H groups in total. The molecule has 0 aromatic rings. The molecular formula is C17H29N3O2S. The zero-order valence-electron chi connectivity index (χ0n) is 14.5. The number of carbonyl (C=O) groups is 2. The molecular weight excluding hydrogens is 310 g/mol. The van der Waals surface area contributed by atoms with Crippen molar-refractivity contribution in [2.45, 2.75) is 52.1 Å². The van der Waals surface area contributed by atoms with Crippen molar-refractivity contribution in [1.82, 2.24) is 9.80 Å². The topological polar surface area (TPSA) is 66.6 Å². The van der Waals surface area contributed by atoms with Gasteiger partial charge >= 0.3 is 0 Å². The van der Waals surface area contributed by atoms with Crippen molar-refractivity contribution in [1.29, 1.82) is 0 Å². The number of nitrogens with zero attached hydrogens (tertiary/aromatic N) is 2. The van der Waals surface area contributed by atoms with Crippen LogP contribution in [0.1, 0.15) is 40.0 Å². The van der Waals surface area contributed by atoms with E-state index in [0.717, 1.165) is 31.7 Å². The molecule has 5 nitrogen and oxygen atoms in total. The lowest BCUT2D eigenvalue weighted by molar-refractivity contribution is -0.143. The Morgan fingerprint density at radius 3 is 2.61 bits per heavy atom. The van der Waals surface area contributed by atoms with Gasteiger partial charge in [-0.1, -0.05) is 20.8 Å². The molecule has 4 unspecified atom stereocenters. The van der Waals surface area contributed by atoms with Crippen LogP contribution in [0.5, 0.6) is 0 Å². The fraction of sp³-hybridized carbons (Fsp3) is 0.882. The third kappa shape index (κ3) is 3.53. The second kappa shape index (κ2) is 6.28. The Labute approximate surface area is 143 Å². The third-order valence-corrected chi connectivity index (χ3v) is 6.41. The van der Waals surface area contributed by atoms with Crippen LogP contribution < -0.4 is 5.73 Å². The maximum Gasteiger partial charge on any atom is 0.246 e. The molecule has 3 aliphatic rings. The van der Waals surface area contributed by atoms with Crippen molar-refractivity contribution < 1.29 is 9.59 Å². The van der Waals surface area contributed by atoms with Gasteiger partial charge in [-0.3, -0.25) is 9.59 Å². The first-order valence-electron chi connectivity index (χ1n) is 8.68. The van der Waals surface area contributed by atoms with Gasteiger partial charge in [0.05, 0.1) is 5.88 Å². The first kappa shape index (κ1) is 17.1. The van der Waals surface area contributed by atoms with Gasteiger partial charge in [-0.2, -0.15) is 0 Å². The number of fused-ring (bicyclic) bond motifs is 1. The van der Waals surface area contributed by atoms with Crippen LogP contribution >= 0.6 is 11.8 Å². The highest BCUT2D eigenvalue weighted by Crippen LogP contribution is 2.38. The lowest BCUT2D eigenvalue weighted by Gasteiger charge is -2.30. The lowest BCUT2D eigenvalue weighted by atomic mass is 9.91. The number of amides is 2. The average Bonchev–Trinajstić information content (AvgIpc) is 3.13. The van der Waals surface area contributed by atoms with Crippen LogP contribution in [0.25, 0.3) is 0 Å². The van der Waals surface area contributed by atoms with Gasteiger partial charge in [-0.25, -0.2) is 0 Å². The minimum atomic E-state index is -0.273. The number of hydrogen-bond donors (Lipinski definition) is 1. The second-order valence-corrected chi connectivity index (χ2v) is 9.52. The third-order valence-electron chi connectivity index (χ3n) is 5.39. The fourth-order valence-corrected chi connectivity index (χ4v) is 5.32. The molecule has 0 radical (unpaired) electrons. The van der Waals surface area contributed by atoms with Crippen LogP contribution in [0.15, 0.2) is 0 Å². The van der Waals surface area contributed by atoms with E-state index in [-0.39, 0.29) is 29.3 Å². The van der Waals surface area contributed by atoms with E-state index in [1.165, 1.54) is 0 Å². The van der Waals surface area contributed by atoms with Crippen molar-refractivity contribution >= 4 is 23.6 Å². The fourth-order valence-electron chi connectivity index (χ4n) is 4.15. The van der Waals surface area contributed by atoms with Gasteiger partial charge in [0.2, 0.25) is 11.8 Å². The summed E-state index contributed by atoms with van der Waals surface area (Å²) in [6, 6.07) is -0.0284. The molecule has 0 spiro atoms. The van der Waals surface area contributed by atoms with E-state index < -0.39 is 0 Å². The van der Waals surface area contributed by atoms with Crippen LogP contribution in [0.2, 0.25) is 0 Å². The molecule has 2 aliphatic heterocycles. The predicted octanol–water partition coefficient (Wildman–Crippen LogP) is 1.52. The summed E-state index contributed by atoms with van der Waals surface area (Å²) >= 11 is 1.69. The smallest absolute Gasteiger partial charge is 0.246 e. The predicted molar refractivity (Wildman–Crippen MR) is 92.8 cm³/mol. The molecule has 23 heavy (non-hydrogen) atoms. The van der Waals surface area contributed by atoms with Crippen molar-refractivity contribution in [2.24, 2.45) is 23.0 Å². The molecule has 0 aromatic carbocycles. The molecule has 2 saturated heterocycles. The van der Waals surface area contributed by atoms with E-state index in [1.807, 2.05) is 4.90 Å². The standard InChI is InChI=1S/C17H29N3O2S/c1-17(2,3)6-15(21)20-10-23-9-14(20)16(22)19-7-11-4-5-13(18)12(11)8-19/h11-14H,4-10,18H2,1-3H3. The van der Waals surface area contributed by atoms with Crippen molar-refractivity contribution in [2.75, 3.05) is 24.7 Å². The van der Waals surface area contributed by atoms with Crippen molar-refractivity contribution in [3.8, 4) is 0 Å². The summed E-state index contributed by atoms with van der Waals surface area (Å²) in [5.74, 6) is 2.65. The number of thioether (sulfide) groups is 1. The Balaban J connectivity index is 1.64. The molecule has 3 fully saturated rings. The highest BCUT2D eigenvalue weighted by molar-refractivity contribution is 7.99. The SMILES string of the molecule is CC(C)(C)CC(=O)N1CSCC1C(=O)N1CC2CCC(N)C2C1. The molecule has 130 valence electrons. The van der Waals surface area contributed by atoms with E-state index in [2.05, 4.69) is 20.8 Å². The number of rotatable bonds is 2. The largest absolute Gasteiger partial charge is 0.340 e. The monoisotopic (exact) mass is 339 g/mol. The average molecular weight is 340 g/mol.